The Kier molecular flexibility index (Phi) is 17.0. The van der Waals surface area contributed by atoms with E-state index >= 15 is 0 Å². The zero-order valence-electron chi connectivity index (χ0n) is 72.9. The minimum Gasteiger partial charge on any atom is -0.456 e. The zero-order valence-corrected chi connectivity index (χ0v) is 72.9. The third kappa shape index (κ3) is 11.9. The first-order valence-corrected chi connectivity index (χ1v) is 46.1. The largest absolute Gasteiger partial charge is 0.456 e. The molecule has 0 spiro atoms. The van der Waals surface area contributed by atoms with Crippen molar-refractivity contribution in [2.24, 2.45) is 0 Å². The van der Waals surface area contributed by atoms with Crippen molar-refractivity contribution in [1.82, 2.24) is 27.4 Å². The first-order chi connectivity index (χ1) is 67.0. The fourth-order valence-electron chi connectivity index (χ4n) is 21.9. The Morgan fingerprint density at radius 3 is 0.741 bits per heavy atom. The SMILES string of the molecule is c1ccc(-n2c3ccccc3c3cc(-c4ccc5c(c4)c4ccccc4n5-c4ccc5c(c4)oc4ccccc45)ccc32)cc1.c1ccc(-n2c3ccccc3c3cc(-c4ccc5c(c4)c4ccccc4n5-c4ccc5oc6ccccc6c5c4)ccc32)cc1.c1ccc(-n2c3ccccc3c3cc(-c4ccc5c(c4)c4ccccc4n5-c4cccc5oc6ccccc6c45)ccc32)cc1. The van der Waals surface area contributed by atoms with Crippen molar-refractivity contribution in [2.75, 3.05) is 0 Å². The molecule has 630 valence electrons. The maximum Gasteiger partial charge on any atom is 0.137 e. The van der Waals surface area contributed by atoms with Crippen molar-refractivity contribution in [2.45, 2.75) is 0 Å². The van der Waals surface area contributed by atoms with E-state index in [9.17, 15) is 0 Å². The van der Waals surface area contributed by atoms with Gasteiger partial charge in [-0.05, 0) is 240 Å². The molecular formula is C126H78N6O3. The van der Waals surface area contributed by atoms with Crippen molar-refractivity contribution >= 4 is 197 Å². The van der Waals surface area contributed by atoms with Gasteiger partial charge >= 0.3 is 0 Å². The predicted molar refractivity (Wildman–Crippen MR) is 564 cm³/mol. The molecular weight excluding hydrogens is 1650 g/mol. The van der Waals surface area contributed by atoms with Gasteiger partial charge in [-0.25, -0.2) is 0 Å². The summed E-state index contributed by atoms with van der Waals surface area (Å²) in [6, 6.07) is 170. The monoisotopic (exact) mass is 1720 g/mol. The van der Waals surface area contributed by atoms with Gasteiger partial charge in [0.05, 0.1) is 77.3 Å². The Labute approximate surface area is 772 Å². The quantitative estimate of drug-likeness (QED) is 0.145. The Morgan fingerprint density at radius 2 is 0.363 bits per heavy atom. The molecule has 0 N–H and O–H groups in total. The number of aromatic nitrogens is 6. The number of nitrogens with zero attached hydrogens (tertiary/aromatic N) is 6. The van der Waals surface area contributed by atoms with Crippen LogP contribution in [0.15, 0.2) is 486 Å². The maximum absolute atomic E-state index is 6.27. The average Bonchev–Trinajstić information content (AvgIpc) is 1.57. The number of hydrogen-bond acceptors (Lipinski definition) is 3. The van der Waals surface area contributed by atoms with Gasteiger partial charge < -0.3 is 40.7 Å². The third-order valence-electron chi connectivity index (χ3n) is 27.9. The van der Waals surface area contributed by atoms with Gasteiger partial charge in [-0.15, -0.1) is 0 Å². The van der Waals surface area contributed by atoms with Crippen LogP contribution < -0.4 is 0 Å². The topological polar surface area (TPSA) is 69.0 Å². The van der Waals surface area contributed by atoms with Crippen LogP contribution in [0.25, 0.3) is 264 Å². The van der Waals surface area contributed by atoms with E-state index in [0.717, 1.165) is 82.9 Å². The van der Waals surface area contributed by atoms with E-state index in [1.807, 2.05) is 36.4 Å². The summed E-state index contributed by atoms with van der Waals surface area (Å²) in [6.07, 6.45) is 0. The summed E-state index contributed by atoms with van der Waals surface area (Å²) in [5, 5.41) is 21.8. The summed E-state index contributed by atoms with van der Waals surface area (Å²) in [5.41, 5.74) is 34.0. The molecule has 21 aromatic carbocycles. The van der Waals surface area contributed by atoms with Crippen molar-refractivity contribution in [3.63, 3.8) is 0 Å². The van der Waals surface area contributed by atoms with Gasteiger partial charge in [-0.1, -0.05) is 261 Å². The highest BCUT2D eigenvalue weighted by Crippen LogP contribution is 2.47. The number of para-hydroxylation sites is 12. The first kappa shape index (κ1) is 75.8. The Bertz CT molecular complexity index is 10100. The van der Waals surface area contributed by atoms with Crippen LogP contribution in [0.5, 0.6) is 0 Å². The second-order valence-corrected chi connectivity index (χ2v) is 35.3. The van der Waals surface area contributed by atoms with Crippen LogP contribution in [0.4, 0.5) is 0 Å². The number of benzene rings is 21. The Hall–Kier alpha value is -18.2. The molecule has 30 aromatic rings. The highest BCUT2D eigenvalue weighted by Gasteiger charge is 2.25. The Balaban J connectivity index is 0.000000101. The molecule has 0 bridgehead atoms. The summed E-state index contributed by atoms with van der Waals surface area (Å²) in [6.45, 7) is 0. The van der Waals surface area contributed by atoms with E-state index in [-0.39, 0.29) is 0 Å². The summed E-state index contributed by atoms with van der Waals surface area (Å²) in [7, 11) is 0. The lowest BCUT2D eigenvalue weighted by Crippen LogP contribution is -1.94. The highest BCUT2D eigenvalue weighted by atomic mass is 16.3. The number of hydrogen-bond donors (Lipinski definition) is 0. The standard InChI is InChI=1S/3C42H26N2O/c1-2-11-29(12-3-1)43-35-16-7-4-13-30(35)33-25-27(21-23-37(33)43)28-22-24-38-34(26-28)31-14-5-8-17-36(31)44(38)39-18-10-20-41-42(39)32-15-6-9-19-40(32)45-41;1-2-10-29(11-3-1)43-37-15-7-4-12-31(37)35-24-27(18-22-39(35)43)28-19-23-40-36(25-28)32-13-5-8-16-38(32)44(40)30-20-21-34-33-14-6-9-17-41(33)45-42(34)26-30;1-2-10-29(11-3-1)43-37-15-7-4-12-31(37)34-24-27(18-21-39(34)43)28-19-22-40-35(25-28)32-13-5-8-16-38(32)44(40)30-20-23-42-36(26-30)33-14-6-9-17-41(33)45-42/h3*1-26H. The second kappa shape index (κ2) is 30.2. The van der Waals surface area contributed by atoms with Crippen LogP contribution in [-0.2, 0) is 0 Å². The van der Waals surface area contributed by atoms with Crippen molar-refractivity contribution in [1.29, 1.82) is 0 Å². The van der Waals surface area contributed by atoms with Crippen LogP contribution in [0, 0.1) is 0 Å². The predicted octanol–water partition coefficient (Wildman–Crippen LogP) is 34.3. The van der Waals surface area contributed by atoms with Crippen molar-refractivity contribution in [3.8, 4) is 67.5 Å². The van der Waals surface area contributed by atoms with E-state index in [0.29, 0.717) is 0 Å². The molecule has 0 aliphatic rings. The lowest BCUT2D eigenvalue weighted by atomic mass is 10.0. The van der Waals surface area contributed by atoms with Gasteiger partial charge in [0.2, 0.25) is 0 Å². The minimum absolute atomic E-state index is 0.902. The van der Waals surface area contributed by atoms with Gasteiger partial charge in [-0.3, -0.25) is 0 Å². The van der Waals surface area contributed by atoms with Gasteiger partial charge in [0, 0.05) is 126 Å². The van der Waals surface area contributed by atoms with Crippen LogP contribution in [0.3, 0.4) is 0 Å². The van der Waals surface area contributed by atoms with Gasteiger partial charge in [-0.2, -0.15) is 0 Å². The molecule has 0 atom stereocenters. The zero-order chi connectivity index (χ0) is 88.5. The summed E-state index contributed by atoms with van der Waals surface area (Å²) >= 11 is 0. The number of rotatable bonds is 9. The minimum atomic E-state index is 0.902. The summed E-state index contributed by atoms with van der Waals surface area (Å²) in [5.74, 6) is 0. The number of fused-ring (bicyclic) bond motifs is 27. The normalized spacial score (nSPS) is 12.0. The van der Waals surface area contributed by atoms with Crippen LogP contribution in [0.2, 0.25) is 0 Å². The van der Waals surface area contributed by atoms with E-state index in [1.54, 1.807) is 0 Å². The van der Waals surface area contributed by atoms with Crippen LogP contribution >= 0.6 is 0 Å². The fraction of sp³-hybridized carbons (Fsp3) is 0. The molecule has 30 rings (SSSR count). The van der Waals surface area contributed by atoms with Gasteiger partial charge in [0.15, 0.2) is 0 Å². The van der Waals surface area contributed by atoms with E-state index < -0.39 is 0 Å². The first-order valence-electron chi connectivity index (χ1n) is 46.1. The van der Waals surface area contributed by atoms with Crippen LogP contribution in [0.1, 0.15) is 0 Å². The molecule has 0 saturated heterocycles. The molecule has 135 heavy (non-hydrogen) atoms. The summed E-state index contributed by atoms with van der Waals surface area (Å²) < 4.78 is 32.9. The highest BCUT2D eigenvalue weighted by molar-refractivity contribution is 6.20. The summed E-state index contributed by atoms with van der Waals surface area (Å²) in [4.78, 5) is 0. The fourth-order valence-corrected chi connectivity index (χ4v) is 21.9. The molecule has 9 aromatic heterocycles. The third-order valence-corrected chi connectivity index (χ3v) is 27.9. The molecule has 9 nitrogen and oxygen atoms in total. The Morgan fingerprint density at radius 1 is 0.119 bits per heavy atom. The molecule has 0 amide bonds. The second-order valence-electron chi connectivity index (χ2n) is 35.3. The maximum atomic E-state index is 6.27. The van der Waals surface area contributed by atoms with Crippen molar-refractivity contribution in [3.05, 3.63) is 473 Å². The van der Waals surface area contributed by atoms with Gasteiger partial charge in [0.25, 0.3) is 0 Å². The molecule has 0 aliphatic heterocycles. The average molecular weight is 1720 g/mol. The number of furan rings is 3. The lowest BCUT2D eigenvalue weighted by molar-refractivity contribution is 0.668. The molecule has 0 aliphatic carbocycles. The van der Waals surface area contributed by atoms with E-state index in [2.05, 4.69) is 464 Å². The van der Waals surface area contributed by atoms with E-state index in [4.69, 9.17) is 13.3 Å². The van der Waals surface area contributed by atoms with Gasteiger partial charge in [0.1, 0.15) is 33.5 Å². The van der Waals surface area contributed by atoms with Crippen LogP contribution in [-0.4, -0.2) is 27.4 Å². The van der Waals surface area contributed by atoms with Crippen molar-refractivity contribution < 1.29 is 13.3 Å². The lowest BCUT2D eigenvalue weighted by Gasteiger charge is -2.10. The molecule has 0 unspecified atom stereocenters. The van der Waals surface area contributed by atoms with E-state index in [1.165, 1.54) is 181 Å². The molecule has 0 fully saturated rings. The molecule has 0 saturated carbocycles. The molecule has 0 radical (unpaired) electrons. The smallest absolute Gasteiger partial charge is 0.137 e. The molecule has 9 heteroatoms. The molecule has 9 heterocycles.